The van der Waals surface area contributed by atoms with Gasteiger partial charge in [0.15, 0.2) is 5.16 Å². The molecule has 8 heteroatoms. The Hall–Kier alpha value is -2.22. The average molecular weight is 280 g/mol. The molecule has 0 bridgehead atoms. The summed E-state index contributed by atoms with van der Waals surface area (Å²) in [6.45, 7) is 0. The van der Waals surface area contributed by atoms with Gasteiger partial charge in [0.2, 0.25) is 0 Å². The molecular formula is C11H12N4O3S. The SMILES string of the molecule is COc1ccc(Sc2nc(=O)c(=O)[nH]n2C)c(N)c1. The van der Waals surface area contributed by atoms with E-state index in [4.69, 9.17) is 10.5 Å². The molecule has 100 valence electrons. The average Bonchev–Trinajstić information content (AvgIpc) is 2.38. The van der Waals surface area contributed by atoms with Gasteiger partial charge in [-0.05, 0) is 23.9 Å². The number of aromatic amines is 1. The molecule has 0 aliphatic heterocycles. The highest BCUT2D eigenvalue weighted by molar-refractivity contribution is 7.99. The molecule has 1 aromatic carbocycles. The van der Waals surface area contributed by atoms with Crippen molar-refractivity contribution in [3.63, 3.8) is 0 Å². The van der Waals surface area contributed by atoms with Crippen LogP contribution in [0.1, 0.15) is 0 Å². The fourth-order valence-electron chi connectivity index (χ4n) is 1.40. The van der Waals surface area contributed by atoms with Crippen LogP contribution in [0.5, 0.6) is 5.75 Å². The number of benzene rings is 1. The number of rotatable bonds is 3. The Balaban J connectivity index is 2.39. The molecule has 1 aromatic heterocycles. The van der Waals surface area contributed by atoms with Crippen LogP contribution in [0.3, 0.4) is 0 Å². The maximum atomic E-state index is 11.2. The summed E-state index contributed by atoms with van der Waals surface area (Å²) >= 11 is 1.18. The summed E-state index contributed by atoms with van der Waals surface area (Å²) in [6.07, 6.45) is 0. The van der Waals surface area contributed by atoms with Gasteiger partial charge in [0, 0.05) is 23.7 Å². The molecule has 0 spiro atoms. The zero-order valence-electron chi connectivity index (χ0n) is 10.3. The quantitative estimate of drug-likeness (QED) is 0.615. The molecule has 0 saturated carbocycles. The second-order valence-corrected chi connectivity index (χ2v) is 4.71. The Morgan fingerprint density at radius 1 is 1.42 bits per heavy atom. The molecule has 0 radical (unpaired) electrons. The van der Waals surface area contributed by atoms with Gasteiger partial charge < -0.3 is 10.5 Å². The molecule has 0 fully saturated rings. The molecule has 0 saturated heterocycles. The standard InChI is InChI=1S/C11H12N4O3S/c1-15-11(13-9(16)10(17)14-15)19-8-4-3-6(18-2)5-7(8)12/h3-5H,12H2,1-2H3,(H,14,17). The highest BCUT2D eigenvalue weighted by atomic mass is 32.2. The number of nitrogens with one attached hydrogen (secondary N) is 1. The summed E-state index contributed by atoms with van der Waals surface area (Å²) in [7, 11) is 3.14. The van der Waals surface area contributed by atoms with Crippen molar-refractivity contribution in [1.29, 1.82) is 0 Å². The second-order valence-electron chi connectivity index (χ2n) is 3.71. The van der Waals surface area contributed by atoms with Crippen molar-refractivity contribution in [2.24, 2.45) is 7.05 Å². The lowest BCUT2D eigenvalue weighted by molar-refractivity contribution is 0.415. The van der Waals surface area contributed by atoms with Crippen LogP contribution >= 0.6 is 11.8 Å². The fourth-order valence-corrected chi connectivity index (χ4v) is 2.22. The van der Waals surface area contributed by atoms with Crippen molar-refractivity contribution in [3.05, 3.63) is 38.9 Å². The largest absolute Gasteiger partial charge is 0.497 e. The van der Waals surface area contributed by atoms with Gasteiger partial charge in [-0.2, -0.15) is 4.98 Å². The number of hydrogen-bond donors (Lipinski definition) is 2. The first-order valence-corrected chi connectivity index (χ1v) is 6.11. The molecule has 2 rings (SSSR count). The first-order chi connectivity index (χ1) is 9.01. The van der Waals surface area contributed by atoms with Crippen LogP contribution in [-0.4, -0.2) is 21.9 Å². The number of anilines is 1. The number of nitrogens with two attached hydrogens (primary N) is 1. The van der Waals surface area contributed by atoms with Crippen LogP contribution in [0.4, 0.5) is 5.69 Å². The van der Waals surface area contributed by atoms with E-state index in [1.165, 1.54) is 16.4 Å². The monoisotopic (exact) mass is 280 g/mol. The molecule has 0 aliphatic carbocycles. The second kappa shape index (κ2) is 5.19. The van der Waals surface area contributed by atoms with Crippen molar-refractivity contribution in [1.82, 2.24) is 14.8 Å². The van der Waals surface area contributed by atoms with E-state index < -0.39 is 11.1 Å². The van der Waals surface area contributed by atoms with Gasteiger partial charge >= 0.3 is 11.1 Å². The van der Waals surface area contributed by atoms with Crippen LogP contribution in [-0.2, 0) is 7.05 Å². The molecular weight excluding hydrogens is 268 g/mol. The lowest BCUT2D eigenvalue weighted by Gasteiger charge is -2.09. The van der Waals surface area contributed by atoms with Crippen LogP contribution in [0, 0.1) is 0 Å². The summed E-state index contributed by atoms with van der Waals surface area (Å²) < 4.78 is 6.42. The third-order valence-electron chi connectivity index (χ3n) is 2.37. The topological polar surface area (TPSA) is 103 Å². The van der Waals surface area contributed by atoms with Gasteiger partial charge in [-0.15, -0.1) is 0 Å². The van der Waals surface area contributed by atoms with E-state index in [0.717, 1.165) is 4.90 Å². The zero-order chi connectivity index (χ0) is 14.0. The van der Waals surface area contributed by atoms with Crippen molar-refractivity contribution in [3.8, 4) is 5.75 Å². The number of methoxy groups -OCH3 is 1. The predicted molar refractivity (Wildman–Crippen MR) is 71.6 cm³/mol. The smallest absolute Gasteiger partial charge is 0.339 e. The van der Waals surface area contributed by atoms with E-state index in [0.29, 0.717) is 16.6 Å². The van der Waals surface area contributed by atoms with Gasteiger partial charge in [0.1, 0.15) is 5.75 Å². The molecule has 0 amide bonds. The molecule has 1 heterocycles. The van der Waals surface area contributed by atoms with E-state index in [1.54, 1.807) is 32.4 Å². The van der Waals surface area contributed by atoms with Gasteiger partial charge in [-0.3, -0.25) is 19.4 Å². The van der Waals surface area contributed by atoms with Gasteiger partial charge in [0.05, 0.1) is 7.11 Å². The normalized spacial score (nSPS) is 10.4. The summed E-state index contributed by atoms with van der Waals surface area (Å²) in [5, 5.41) is 2.72. The van der Waals surface area contributed by atoms with Gasteiger partial charge in [-0.1, -0.05) is 0 Å². The van der Waals surface area contributed by atoms with E-state index in [2.05, 4.69) is 10.1 Å². The number of aryl methyl sites for hydroxylation is 1. The minimum atomic E-state index is -0.826. The zero-order valence-corrected chi connectivity index (χ0v) is 11.2. The highest BCUT2D eigenvalue weighted by Crippen LogP contribution is 2.31. The minimum absolute atomic E-state index is 0.349. The van der Waals surface area contributed by atoms with E-state index in [-0.39, 0.29) is 0 Å². The number of nitrogen functional groups attached to an aromatic ring is 1. The third kappa shape index (κ3) is 2.79. The lowest BCUT2D eigenvalue weighted by Crippen LogP contribution is -2.33. The number of hydrogen-bond acceptors (Lipinski definition) is 6. The highest BCUT2D eigenvalue weighted by Gasteiger charge is 2.09. The van der Waals surface area contributed by atoms with Crippen LogP contribution < -0.4 is 21.6 Å². The third-order valence-corrected chi connectivity index (χ3v) is 3.51. The summed E-state index contributed by atoms with van der Waals surface area (Å²) in [5.41, 5.74) is 4.80. The maximum Gasteiger partial charge on any atom is 0.339 e. The first kappa shape index (κ1) is 13.2. The summed E-state index contributed by atoms with van der Waals surface area (Å²) in [5.74, 6) is 0.644. The molecule has 0 aliphatic rings. The van der Waals surface area contributed by atoms with Crippen molar-refractivity contribution < 1.29 is 4.74 Å². The van der Waals surface area contributed by atoms with Gasteiger partial charge in [-0.25, -0.2) is 0 Å². The fraction of sp³-hybridized carbons (Fsp3) is 0.182. The Kier molecular flexibility index (Phi) is 3.61. The lowest BCUT2D eigenvalue weighted by atomic mass is 10.3. The molecule has 0 atom stereocenters. The molecule has 19 heavy (non-hydrogen) atoms. The van der Waals surface area contributed by atoms with Crippen LogP contribution in [0.15, 0.2) is 37.8 Å². The number of H-pyrrole nitrogens is 1. The van der Waals surface area contributed by atoms with Crippen LogP contribution in [0.2, 0.25) is 0 Å². The van der Waals surface area contributed by atoms with E-state index >= 15 is 0 Å². The maximum absolute atomic E-state index is 11.2. The summed E-state index contributed by atoms with van der Waals surface area (Å²) in [6, 6.07) is 5.19. The Morgan fingerprint density at radius 2 is 2.16 bits per heavy atom. The minimum Gasteiger partial charge on any atom is -0.497 e. The van der Waals surface area contributed by atoms with E-state index in [1.807, 2.05) is 0 Å². The summed E-state index contributed by atoms with van der Waals surface area (Å²) in [4.78, 5) is 26.7. The molecule has 7 nitrogen and oxygen atoms in total. The van der Waals surface area contributed by atoms with Crippen molar-refractivity contribution in [2.75, 3.05) is 12.8 Å². The Labute approximate surface area is 112 Å². The van der Waals surface area contributed by atoms with Crippen molar-refractivity contribution >= 4 is 17.4 Å². The molecule has 2 aromatic rings. The molecule has 0 unspecified atom stereocenters. The van der Waals surface area contributed by atoms with Crippen molar-refractivity contribution in [2.45, 2.75) is 10.1 Å². The first-order valence-electron chi connectivity index (χ1n) is 5.30. The van der Waals surface area contributed by atoms with E-state index in [9.17, 15) is 9.59 Å². The Morgan fingerprint density at radius 3 is 2.79 bits per heavy atom. The Bertz CT molecular complexity index is 723. The predicted octanol–water partition coefficient (Wildman–Crippen LogP) is 0.211. The molecule has 3 N–H and O–H groups in total. The van der Waals surface area contributed by atoms with Gasteiger partial charge in [0.25, 0.3) is 0 Å². The number of aromatic nitrogens is 3. The number of nitrogens with zero attached hydrogens (tertiary/aromatic N) is 2. The number of ether oxygens (including phenoxy) is 1. The van der Waals surface area contributed by atoms with Crippen LogP contribution in [0.25, 0.3) is 0 Å².